The maximum atomic E-state index is 6.20. The zero-order chi connectivity index (χ0) is 19.3. The van der Waals surface area contributed by atoms with Crippen LogP contribution in [0.5, 0.6) is 0 Å². The third kappa shape index (κ3) is 4.42. The van der Waals surface area contributed by atoms with Gasteiger partial charge in [-0.1, -0.05) is 48.0 Å². The van der Waals surface area contributed by atoms with Crippen molar-refractivity contribution in [3.05, 3.63) is 70.9 Å². The van der Waals surface area contributed by atoms with E-state index in [1.165, 1.54) is 5.56 Å². The van der Waals surface area contributed by atoms with Gasteiger partial charge in [0.25, 0.3) is 0 Å². The summed E-state index contributed by atoms with van der Waals surface area (Å²) in [6, 6.07) is 16.5. The summed E-state index contributed by atoms with van der Waals surface area (Å²) in [5, 5.41) is 12.2. The lowest BCUT2D eigenvalue weighted by molar-refractivity contribution is 0.402. The highest BCUT2D eigenvalue weighted by atomic mass is 35.5. The highest BCUT2D eigenvalue weighted by molar-refractivity contribution is 6.31. The SMILES string of the molecule is Cc1c(Cl)cccc1Nc1nncc(N2CCC(Cc3ccccc3)CC2)n1. The zero-order valence-electron chi connectivity index (χ0n) is 16.0. The standard InChI is InChI=1S/C22H24ClN5/c1-16-19(23)8-5-9-20(16)25-22-26-21(15-24-27-22)28-12-10-18(11-13-28)14-17-6-3-2-4-7-17/h2-9,15,18H,10-14H2,1H3,(H,25,26,27). The summed E-state index contributed by atoms with van der Waals surface area (Å²) in [7, 11) is 0. The second-order valence-corrected chi connectivity index (χ2v) is 7.70. The van der Waals surface area contributed by atoms with E-state index >= 15 is 0 Å². The van der Waals surface area contributed by atoms with Gasteiger partial charge in [-0.15, -0.1) is 5.10 Å². The molecule has 0 amide bonds. The Morgan fingerprint density at radius 2 is 1.86 bits per heavy atom. The van der Waals surface area contributed by atoms with E-state index in [1.807, 2.05) is 25.1 Å². The van der Waals surface area contributed by atoms with Gasteiger partial charge in [-0.3, -0.25) is 0 Å². The molecule has 2 heterocycles. The molecule has 0 aliphatic carbocycles. The Morgan fingerprint density at radius 3 is 2.64 bits per heavy atom. The van der Waals surface area contributed by atoms with E-state index in [9.17, 15) is 0 Å². The second kappa shape index (κ2) is 8.57. The van der Waals surface area contributed by atoms with E-state index in [1.54, 1.807) is 6.20 Å². The predicted octanol–water partition coefficient (Wildman–Crippen LogP) is 5.04. The number of hydrogen-bond donors (Lipinski definition) is 1. The number of anilines is 3. The Bertz CT molecular complexity index is 923. The van der Waals surface area contributed by atoms with Crippen LogP contribution in [-0.2, 0) is 6.42 Å². The molecule has 1 aromatic heterocycles. The number of nitrogens with one attached hydrogen (secondary N) is 1. The van der Waals surface area contributed by atoms with Crippen molar-refractivity contribution in [2.45, 2.75) is 26.2 Å². The van der Waals surface area contributed by atoms with Crippen molar-refractivity contribution in [1.29, 1.82) is 0 Å². The van der Waals surface area contributed by atoms with Gasteiger partial charge in [0.15, 0.2) is 5.82 Å². The average Bonchev–Trinajstić information content (AvgIpc) is 2.73. The van der Waals surface area contributed by atoms with Gasteiger partial charge < -0.3 is 10.2 Å². The molecule has 1 fully saturated rings. The maximum absolute atomic E-state index is 6.20. The average molecular weight is 394 g/mol. The summed E-state index contributed by atoms with van der Waals surface area (Å²) in [5.74, 6) is 2.09. The van der Waals surface area contributed by atoms with Crippen molar-refractivity contribution < 1.29 is 0 Å². The Hall–Kier alpha value is -2.66. The van der Waals surface area contributed by atoms with E-state index in [-0.39, 0.29) is 0 Å². The Balaban J connectivity index is 1.39. The highest BCUT2D eigenvalue weighted by Gasteiger charge is 2.21. The van der Waals surface area contributed by atoms with Crippen LogP contribution in [-0.4, -0.2) is 28.3 Å². The number of aromatic nitrogens is 3. The molecule has 1 aliphatic heterocycles. The molecule has 0 atom stereocenters. The van der Waals surface area contributed by atoms with Crippen LogP contribution in [0.4, 0.5) is 17.5 Å². The molecule has 28 heavy (non-hydrogen) atoms. The van der Waals surface area contributed by atoms with Gasteiger partial charge >= 0.3 is 0 Å². The van der Waals surface area contributed by atoms with Crippen molar-refractivity contribution in [3.63, 3.8) is 0 Å². The minimum atomic E-state index is 0.495. The number of halogens is 1. The van der Waals surface area contributed by atoms with Crippen LogP contribution >= 0.6 is 11.6 Å². The highest BCUT2D eigenvalue weighted by Crippen LogP contribution is 2.27. The van der Waals surface area contributed by atoms with Crippen LogP contribution in [0.2, 0.25) is 5.02 Å². The molecule has 6 heteroatoms. The molecular formula is C22H24ClN5. The molecule has 4 rings (SSSR count). The third-order valence-electron chi connectivity index (χ3n) is 5.37. The molecule has 0 radical (unpaired) electrons. The van der Waals surface area contributed by atoms with E-state index in [2.05, 4.69) is 55.7 Å². The molecule has 1 aliphatic rings. The molecule has 5 nitrogen and oxygen atoms in total. The van der Waals surface area contributed by atoms with Gasteiger partial charge in [0.1, 0.15) is 0 Å². The van der Waals surface area contributed by atoms with E-state index in [4.69, 9.17) is 11.6 Å². The van der Waals surface area contributed by atoms with Crippen molar-refractivity contribution in [2.75, 3.05) is 23.3 Å². The summed E-state index contributed by atoms with van der Waals surface area (Å²) in [4.78, 5) is 6.97. The Kier molecular flexibility index (Phi) is 5.72. The first-order valence-corrected chi connectivity index (χ1v) is 10.1. The first-order chi connectivity index (χ1) is 13.7. The number of piperidine rings is 1. The lowest BCUT2D eigenvalue weighted by Gasteiger charge is -2.32. The summed E-state index contributed by atoms with van der Waals surface area (Å²) >= 11 is 6.20. The van der Waals surface area contributed by atoms with E-state index < -0.39 is 0 Å². The van der Waals surface area contributed by atoms with Crippen LogP contribution in [0.15, 0.2) is 54.7 Å². The largest absolute Gasteiger partial charge is 0.355 e. The normalized spacial score (nSPS) is 14.9. The first kappa shape index (κ1) is 18.7. The first-order valence-electron chi connectivity index (χ1n) is 9.70. The molecule has 0 bridgehead atoms. The summed E-state index contributed by atoms with van der Waals surface area (Å²) in [6.07, 6.45) is 5.22. The van der Waals surface area contributed by atoms with Crippen LogP contribution < -0.4 is 10.2 Å². The van der Waals surface area contributed by atoms with Gasteiger partial charge in [-0.05, 0) is 55.4 Å². The van der Waals surface area contributed by atoms with Crippen molar-refractivity contribution in [2.24, 2.45) is 5.92 Å². The molecule has 1 saturated heterocycles. The maximum Gasteiger partial charge on any atom is 0.249 e. The van der Waals surface area contributed by atoms with Gasteiger partial charge in [-0.2, -0.15) is 10.1 Å². The van der Waals surface area contributed by atoms with Crippen molar-refractivity contribution in [3.8, 4) is 0 Å². The van der Waals surface area contributed by atoms with Gasteiger partial charge in [0.05, 0.1) is 6.20 Å². The second-order valence-electron chi connectivity index (χ2n) is 7.30. The van der Waals surface area contributed by atoms with Crippen LogP contribution in [0.3, 0.4) is 0 Å². The van der Waals surface area contributed by atoms with Gasteiger partial charge in [0, 0.05) is 23.8 Å². The quantitative estimate of drug-likeness (QED) is 0.658. The fourth-order valence-corrected chi connectivity index (χ4v) is 3.85. The molecule has 3 aromatic rings. The topological polar surface area (TPSA) is 53.9 Å². The van der Waals surface area contributed by atoms with Gasteiger partial charge in [-0.25, -0.2) is 0 Å². The number of hydrogen-bond acceptors (Lipinski definition) is 5. The number of benzene rings is 2. The Labute approximate surface area is 170 Å². The fourth-order valence-electron chi connectivity index (χ4n) is 3.68. The molecule has 2 aromatic carbocycles. The van der Waals surface area contributed by atoms with Crippen LogP contribution in [0.25, 0.3) is 0 Å². The molecule has 0 unspecified atom stereocenters. The summed E-state index contributed by atoms with van der Waals surface area (Å²) < 4.78 is 0. The minimum Gasteiger partial charge on any atom is -0.355 e. The molecule has 1 N–H and O–H groups in total. The molecule has 144 valence electrons. The van der Waals surface area contributed by atoms with E-state index in [0.29, 0.717) is 5.95 Å². The fraction of sp³-hybridized carbons (Fsp3) is 0.318. The van der Waals surface area contributed by atoms with E-state index in [0.717, 1.165) is 60.4 Å². The lowest BCUT2D eigenvalue weighted by atomic mass is 9.90. The summed E-state index contributed by atoms with van der Waals surface area (Å²) in [5.41, 5.74) is 3.29. The monoisotopic (exact) mass is 393 g/mol. The summed E-state index contributed by atoms with van der Waals surface area (Å²) in [6.45, 7) is 3.96. The molecule has 0 spiro atoms. The zero-order valence-corrected chi connectivity index (χ0v) is 16.7. The predicted molar refractivity (Wildman–Crippen MR) is 114 cm³/mol. The van der Waals surface area contributed by atoms with Gasteiger partial charge in [0.2, 0.25) is 5.95 Å². The smallest absolute Gasteiger partial charge is 0.249 e. The van der Waals surface area contributed by atoms with Crippen molar-refractivity contribution in [1.82, 2.24) is 15.2 Å². The Morgan fingerprint density at radius 1 is 1.07 bits per heavy atom. The number of rotatable bonds is 5. The lowest BCUT2D eigenvalue weighted by Crippen LogP contribution is -2.35. The van der Waals surface area contributed by atoms with Crippen molar-refractivity contribution >= 4 is 29.1 Å². The number of nitrogens with zero attached hydrogens (tertiary/aromatic N) is 4. The molecule has 0 saturated carbocycles. The van der Waals surface area contributed by atoms with Crippen LogP contribution in [0.1, 0.15) is 24.0 Å². The molecular weight excluding hydrogens is 370 g/mol. The van der Waals surface area contributed by atoms with Crippen LogP contribution in [0, 0.1) is 12.8 Å². The minimum absolute atomic E-state index is 0.495. The third-order valence-corrected chi connectivity index (χ3v) is 5.78.